The minimum atomic E-state index is 0.452. The van der Waals surface area contributed by atoms with Crippen molar-refractivity contribution in [3.63, 3.8) is 0 Å². The summed E-state index contributed by atoms with van der Waals surface area (Å²) in [6.07, 6.45) is 5.57. The fourth-order valence-electron chi connectivity index (χ4n) is 1.87. The van der Waals surface area contributed by atoms with Crippen molar-refractivity contribution >= 4 is 11.5 Å². The van der Waals surface area contributed by atoms with Crippen molar-refractivity contribution in [1.29, 1.82) is 0 Å². The molecule has 86 valence electrons. The van der Waals surface area contributed by atoms with E-state index in [1.807, 2.05) is 0 Å². The van der Waals surface area contributed by atoms with Crippen LogP contribution in [-0.4, -0.2) is 27.0 Å². The Morgan fingerprint density at radius 1 is 1.18 bits per heavy atom. The van der Waals surface area contributed by atoms with Crippen LogP contribution in [0.15, 0.2) is 18.7 Å². The van der Waals surface area contributed by atoms with Gasteiger partial charge < -0.3 is 10.1 Å². The summed E-state index contributed by atoms with van der Waals surface area (Å²) < 4.78 is 5.12. The average Bonchev–Trinajstić information content (AvgIpc) is 2.37. The normalized spacial score (nSPS) is 12.5. The summed E-state index contributed by atoms with van der Waals surface area (Å²) in [6.45, 7) is 0.452. The van der Waals surface area contributed by atoms with Crippen molar-refractivity contribution in [2.24, 2.45) is 0 Å². The quantitative estimate of drug-likeness (QED) is 0.708. The van der Waals surface area contributed by atoms with Crippen molar-refractivity contribution in [2.45, 2.75) is 13.0 Å². The van der Waals surface area contributed by atoms with Gasteiger partial charge in [-0.1, -0.05) is 0 Å². The van der Waals surface area contributed by atoms with E-state index in [0.717, 1.165) is 28.6 Å². The molecule has 0 radical (unpaired) electrons. The third-order valence-electron chi connectivity index (χ3n) is 2.64. The van der Waals surface area contributed by atoms with Crippen LogP contribution < -0.4 is 5.32 Å². The molecular formula is C11H11N5O. The highest BCUT2D eigenvalue weighted by molar-refractivity contribution is 5.67. The highest BCUT2D eigenvalue weighted by Gasteiger charge is 2.20. The van der Waals surface area contributed by atoms with E-state index in [-0.39, 0.29) is 0 Å². The Bertz CT molecular complexity index is 557. The molecular weight excluding hydrogens is 218 g/mol. The van der Waals surface area contributed by atoms with Crippen LogP contribution in [0.3, 0.4) is 0 Å². The molecule has 1 N–H and O–H groups in total. The lowest BCUT2D eigenvalue weighted by atomic mass is 10.1. The molecule has 3 heterocycles. The first-order chi connectivity index (χ1) is 8.38. The van der Waals surface area contributed by atoms with E-state index in [0.29, 0.717) is 13.0 Å². The van der Waals surface area contributed by atoms with Crippen molar-refractivity contribution in [1.82, 2.24) is 19.9 Å². The van der Waals surface area contributed by atoms with Crippen LogP contribution in [0, 0.1) is 0 Å². The second kappa shape index (κ2) is 4.06. The molecule has 0 saturated heterocycles. The Hall–Kier alpha value is -2.08. The molecule has 0 aromatic carbocycles. The third-order valence-corrected chi connectivity index (χ3v) is 2.64. The van der Waals surface area contributed by atoms with Crippen molar-refractivity contribution in [2.75, 3.05) is 12.4 Å². The van der Waals surface area contributed by atoms with Gasteiger partial charge in [0.05, 0.1) is 29.4 Å². The van der Waals surface area contributed by atoms with Gasteiger partial charge in [-0.25, -0.2) is 15.0 Å². The molecule has 2 aromatic heterocycles. The number of methoxy groups -OCH3 is 1. The van der Waals surface area contributed by atoms with Crippen LogP contribution in [-0.2, 0) is 17.8 Å². The standard InChI is InChI=1S/C11H11N5O/c1-17-5-9-10-7(14-6-15-9)4-8-11(16-10)13-3-2-12-8/h2-3,6H,4-5H2,1H3,(H,13,16). The maximum atomic E-state index is 5.12. The zero-order valence-electron chi connectivity index (χ0n) is 9.34. The van der Waals surface area contributed by atoms with E-state index in [4.69, 9.17) is 4.74 Å². The molecule has 1 aliphatic heterocycles. The molecule has 0 spiro atoms. The zero-order valence-corrected chi connectivity index (χ0v) is 9.34. The summed E-state index contributed by atoms with van der Waals surface area (Å²) in [7, 11) is 1.64. The molecule has 3 rings (SSSR count). The van der Waals surface area contributed by atoms with Gasteiger partial charge in [-0.2, -0.15) is 0 Å². The molecule has 6 nitrogen and oxygen atoms in total. The lowest BCUT2D eigenvalue weighted by molar-refractivity contribution is 0.182. The first kappa shape index (κ1) is 10.1. The molecule has 1 aliphatic rings. The molecule has 0 unspecified atom stereocenters. The number of ether oxygens (including phenoxy) is 1. The van der Waals surface area contributed by atoms with Gasteiger partial charge in [0.1, 0.15) is 6.33 Å². The molecule has 0 aliphatic carbocycles. The number of hydrogen-bond acceptors (Lipinski definition) is 6. The Labute approximate surface area is 98.1 Å². The largest absolute Gasteiger partial charge is 0.378 e. The Kier molecular flexibility index (Phi) is 2.41. The van der Waals surface area contributed by atoms with Crippen LogP contribution in [0.5, 0.6) is 0 Å². The maximum absolute atomic E-state index is 5.12. The highest BCUT2D eigenvalue weighted by Crippen LogP contribution is 2.30. The predicted molar refractivity (Wildman–Crippen MR) is 60.9 cm³/mol. The predicted octanol–water partition coefficient (Wildman–Crippen LogP) is 1.06. The summed E-state index contributed by atoms with van der Waals surface area (Å²) in [5.74, 6) is 0.771. The summed E-state index contributed by atoms with van der Waals surface area (Å²) >= 11 is 0. The van der Waals surface area contributed by atoms with Crippen LogP contribution >= 0.6 is 0 Å². The summed E-state index contributed by atoms with van der Waals surface area (Å²) in [6, 6.07) is 0. The number of nitrogens with zero attached hydrogens (tertiary/aromatic N) is 4. The third kappa shape index (κ3) is 1.72. The Morgan fingerprint density at radius 2 is 2.06 bits per heavy atom. The van der Waals surface area contributed by atoms with E-state index in [9.17, 15) is 0 Å². The maximum Gasteiger partial charge on any atom is 0.152 e. The monoisotopic (exact) mass is 229 g/mol. The lowest BCUT2D eigenvalue weighted by Gasteiger charge is -2.20. The van der Waals surface area contributed by atoms with E-state index in [2.05, 4.69) is 25.3 Å². The molecule has 0 amide bonds. The lowest BCUT2D eigenvalue weighted by Crippen LogP contribution is -2.14. The summed E-state index contributed by atoms with van der Waals surface area (Å²) in [5.41, 5.74) is 3.57. The number of anilines is 2. The molecule has 0 saturated carbocycles. The fourth-order valence-corrected chi connectivity index (χ4v) is 1.87. The number of rotatable bonds is 2. The SMILES string of the molecule is COCc1ncnc2c1Nc1nccnc1C2. The molecule has 0 bridgehead atoms. The molecule has 0 fully saturated rings. The van der Waals surface area contributed by atoms with Crippen molar-refractivity contribution in [3.8, 4) is 0 Å². The fraction of sp³-hybridized carbons (Fsp3) is 0.273. The van der Waals surface area contributed by atoms with Gasteiger partial charge in [-0.3, -0.25) is 4.98 Å². The molecule has 6 heteroatoms. The summed E-state index contributed by atoms with van der Waals surface area (Å²) in [4.78, 5) is 17.0. The van der Waals surface area contributed by atoms with Crippen LogP contribution in [0.4, 0.5) is 11.5 Å². The Balaban J connectivity index is 2.05. The molecule has 17 heavy (non-hydrogen) atoms. The second-order valence-electron chi connectivity index (χ2n) is 3.73. The number of hydrogen-bond donors (Lipinski definition) is 1. The number of fused-ring (bicyclic) bond motifs is 2. The van der Waals surface area contributed by atoms with Crippen LogP contribution in [0.1, 0.15) is 17.1 Å². The van der Waals surface area contributed by atoms with E-state index in [1.165, 1.54) is 0 Å². The van der Waals surface area contributed by atoms with E-state index >= 15 is 0 Å². The smallest absolute Gasteiger partial charge is 0.152 e. The first-order valence-electron chi connectivity index (χ1n) is 5.27. The molecule has 2 aromatic rings. The topological polar surface area (TPSA) is 72.8 Å². The van der Waals surface area contributed by atoms with Gasteiger partial charge in [0.25, 0.3) is 0 Å². The minimum absolute atomic E-state index is 0.452. The zero-order chi connectivity index (χ0) is 11.7. The van der Waals surface area contributed by atoms with Gasteiger partial charge >= 0.3 is 0 Å². The minimum Gasteiger partial charge on any atom is -0.378 e. The van der Waals surface area contributed by atoms with Crippen molar-refractivity contribution in [3.05, 3.63) is 35.8 Å². The van der Waals surface area contributed by atoms with Gasteiger partial charge in [-0.15, -0.1) is 0 Å². The summed E-state index contributed by atoms with van der Waals surface area (Å²) in [5, 5.41) is 3.22. The van der Waals surface area contributed by atoms with Gasteiger partial charge in [0.15, 0.2) is 5.82 Å². The van der Waals surface area contributed by atoms with Gasteiger partial charge in [0.2, 0.25) is 0 Å². The second-order valence-corrected chi connectivity index (χ2v) is 3.73. The highest BCUT2D eigenvalue weighted by atomic mass is 16.5. The first-order valence-corrected chi connectivity index (χ1v) is 5.27. The number of nitrogens with one attached hydrogen (secondary N) is 1. The Morgan fingerprint density at radius 3 is 2.94 bits per heavy atom. The molecule has 0 atom stereocenters. The van der Waals surface area contributed by atoms with E-state index < -0.39 is 0 Å². The average molecular weight is 229 g/mol. The van der Waals surface area contributed by atoms with Crippen LogP contribution in [0.25, 0.3) is 0 Å². The van der Waals surface area contributed by atoms with E-state index in [1.54, 1.807) is 25.8 Å². The van der Waals surface area contributed by atoms with Gasteiger partial charge in [-0.05, 0) is 0 Å². The number of aromatic nitrogens is 4. The van der Waals surface area contributed by atoms with Crippen molar-refractivity contribution < 1.29 is 4.74 Å². The van der Waals surface area contributed by atoms with Crippen LogP contribution in [0.2, 0.25) is 0 Å². The van der Waals surface area contributed by atoms with Gasteiger partial charge in [0, 0.05) is 25.9 Å².